The van der Waals surface area contributed by atoms with E-state index in [0.717, 1.165) is 5.65 Å². The summed E-state index contributed by atoms with van der Waals surface area (Å²) >= 11 is 0. The minimum absolute atomic E-state index is 0.107. The third kappa shape index (κ3) is 1.06. The Morgan fingerprint density at radius 1 is 1.50 bits per heavy atom. The molecule has 0 bridgehead atoms. The van der Waals surface area contributed by atoms with E-state index in [-0.39, 0.29) is 6.04 Å². The van der Waals surface area contributed by atoms with Crippen LogP contribution in [0.25, 0.3) is 5.65 Å². The molecule has 0 aromatic carbocycles. The van der Waals surface area contributed by atoms with Crippen LogP contribution in [-0.4, -0.2) is 14.6 Å². The van der Waals surface area contributed by atoms with Gasteiger partial charge in [-0.05, 0) is 19.1 Å². The van der Waals surface area contributed by atoms with Gasteiger partial charge in [0.2, 0.25) is 0 Å². The van der Waals surface area contributed by atoms with Crippen LogP contribution in [0.3, 0.4) is 0 Å². The lowest BCUT2D eigenvalue weighted by Gasteiger charge is -1.93. The van der Waals surface area contributed by atoms with E-state index < -0.39 is 0 Å². The van der Waals surface area contributed by atoms with Crippen LogP contribution < -0.4 is 5.73 Å². The molecule has 62 valence electrons. The highest BCUT2D eigenvalue weighted by Gasteiger charge is 2.05. The van der Waals surface area contributed by atoms with E-state index in [1.54, 1.807) is 4.52 Å². The predicted octanol–water partition coefficient (Wildman–Crippen LogP) is 0.749. The number of aromatic nitrogens is 3. The number of nitrogens with two attached hydrogens (primary N) is 1. The fourth-order valence-corrected chi connectivity index (χ4v) is 1.04. The Morgan fingerprint density at radius 2 is 2.33 bits per heavy atom. The average Bonchev–Trinajstić information content (AvgIpc) is 2.46. The van der Waals surface area contributed by atoms with Crippen molar-refractivity contribution in [3.05, 3.63) is 30.2 Å². The molecule has 0 radical (unpaired) electrons. The van der Waals surface area contributed by atoms with Crippen molar-refractivity contribution in [3.63, 3.8) is 0 Å². The summed E-state index contributed by atoms with van der Waals surface area (Å²) in [6.45, 7) is 1.87. The Labute approximate surface area is 70.0 Å². The van der Waals surface area contributed by atoms with E-state index in [9.17, 15) is 0 Å². The van der Waals surface area contributed by atoms with E-state index in [1.165, 1.54) is 0 Å². The molecule has 2 aromatic rings. The highest BCUT2D eigenvalue weighted by atomic mass is 15.3. The van der Waals surface area contributed by atoms with Crippen molar-refractivity contribution in [2.75, 3.05) is 0 Å². The van der Waals surface area contributed by atoms with Crippen LogP contribution in [-0.2, 0) is 0 Å². The molecule has 12 heavy (non-hydrogen) atoms. The number of hydrogen-bond donors (Lipinski definition) is 1. The van der Waals surface area contributed by atoms with Gasteiger partial charge in [-0.3, -0.25) is 0 Å². The largest absolute Gasteiger partial charge is 0.321 e. The van der Waals surface area contributed by atoms with Gasteiger partial charge in [0, 0.05) is 6.20 Å². The Hall–Kier alpha value is -1.42. The first-order valence-electron chi connectivity index (χ1n) is 3.84. The molecule has 0 aliphatic carbocycles. The highest BCUT2D eigenvalue weighted by Crippen LogP contribution is 2.05. The summed E-state index contributed by atoms with van der Waals surface area (Å²) in [5.41, 5.74) is 6.48. The summed E-state index contributed by atoms with van der Waals surface area (Å²) < 4.78 is 1.72. The lowest BCUT2D eigenvalue weighted by Crippen LogP contribution is -2.06. The fraction of sp³-hybridized carbons (Fsp3) is 0.250. The van der Waals surface area contributed by atoms with E-state index in [0.29, 0.717) is 5.82 Å². The maximum Gasteiger partial charge on any atom is 0.168 e. The first kappa shape index (κ1) is 7.24. The van der Waals surface area contributed by atoms with Crippen LogP contribution >= 0.6 is 0 Å². The fourth-order valence-electron chi connectivity index (χ4n) is 1.04. The van der Waals surface area contributed by atoms with Gasteiger partial charge in [-0.2, -0.15) is 0 Å². The molecule has 4 heteroatoms. The minimum Gasteiger partial charge on any atom is -0.321 e. The molecule has 0 aliphatic heterocycles. The smallest absolute Gasteiger partial charge is 0.168 e. The van der Waals surface area contributed by atoms with Gasteiger partial charge in [-0.15, -0.1) is 5.10 Å². The van der Waals surface area contributed by atoms with Crippen molar-refractivity contribution in [2.24, 2.45) is 5.73 Å². The number of pyridine rings is 1. The molecule has 2 heterocycles. The van der Waals surface area contributed by atoms with E-state index in [1.807, 2.05) is 31.3 Å². The van der Waals surface area contributed by atoms with Crippen LogP contribution in [0.1, 0.15) is 18.8 Å². The maximum atomic E-state index is 5.64. The second-order valence-corrected chi connectivity index (χ2v) is 2.76. The molecule has 2 aromatic heterocycles. The standard InChI is InChI=1S/C8H10N4/c1-6(9)8-10-7-4-2-3-5-12(7)11-8/h2-6H,9H2,1H3. The summed E-state index contributed by atoms with van der Waals surface area (Å²) in [5, 5.41) is 4.19. The van der Waals surface area contributed by atoms with E-state index >= 15 is 0 Å². The van der Waals surface area contributed by atoms with Crippen molar-refractivity contribution in [3.8, 4) is 0 Å². The normalized spacial score (nSPS) is 13.5. The SMILES string of the molecule is CC(N)c1nc2ccccn2n1. The van der Waals surface area contributed by atoms with Gasteiger partial charge in [0.25, 0.3) is 0 Å². The monoisotopic (exact) mass is 162 g/mol. The van der Waals surface area contributed by atoms with E-state index in [4.69, 9.17) is 5.73 Å². The molecule has 0 saturated carbocycles. The van der Waals surface area contributed by atoms with Crippen molar-refractivity contribution in [2.45, 2.75) is 13.0 Å². The Morgan fingerprint density at radius 3 is 3.00 bits per heavy atom. The minimum atomic E-state index is -0.107. The van der Waals surface area contributed by atoms with Gasteiger partial charge in [0.05, 0.1) is 6.04 Å². The Bertz CT molecular complexity index is 358. The van der Waals surface area contributed by atoms with Crippen LogP contribution in [0.4, 0.5) is 0 Å². The van der Waals surface area contributed by atoms with Gasteiger partial charge in [0.1, 0.15) is 0 Å². The van der Waals surface area contributed by atoms with Crippen molar-refractivity contribution >= 4 is 5.65 Å². The summed E-state index contributed by atoms with van der Waals surface area (Å²) in [6.07, 6.45) is 1.86. The molecule has 2 rings (SSSR count). The Balaban J connectivity index is 2.62. The van der Waals surface area contributed by atoms with Crippen molar-refractivity contribution in [1.29, 1.82) is 0 Å². The lowest BCUT2D eigenvalue weighted by molar-refractivity contribution is 0.734. The maximum absolute atomic E-state index is 5.64. The second-order valence-electron chi connectivity index (χ2n) is 2.76. The molecular weight excluding hydrogens is 152 g/mol. The van der Waals surface area contributed by atoms with Crippen LogP contribution in [0.5, 0.6) is 0 Å². The van der Waals surface area contributed by atoms with Gasteiger partial charge in [-0.1, -0.05) is 6.07 Å². The third-order valence-electron chi connectivity index (χ3n) is 1.66. The number of fused-ring (bicyclic) bond motifs is 1. The molecule has 4 nitrogen and oxygen atoms in total. The first-order chi connectivity index (χ1) is 5.77. The van der Waals surface area contributed by atoms with E-state index in [2.05, 4.69) is 10.1 Å². The summed E-state index contributed by atoms with van der Waals surface area (Å²) in [4.78, 5) is 4.24. The van der Waals surface area contributed by atoms with Gasteiger partial charge >= 0.3 is 0 Å². The molecule has 0 spiro atoms. The zero-order valence-corrected chi connectivity index (χ0v) is 6.81. The van der Waals surface area contributed by atoms with Gasteiger partial charge in [-0.25, -0.2) is 9.50 Å². The van der Waals surface area contributed by atoms with Crippen LogP contribution in [0.15, 0.2) is 24.4 Å². The topological polar surface area (TPSA) is 56.2 Å². The zero-order chi connectivity index (χ0) is 8.55. The molecule has 0 amide bonds. The molecule has 0 saturated heterocycles. The van der Waals surface area contributed by atoms with Gasteiger partial charge < -0.3 is 5.73 Å². The second kappa shape index (κ2) is 2.57. The number of hydrogen-bond acceptors (Lipinski definition) is 3. The summed E-state index contributed by atoms with van der Waals surface area (Å²) in [5.74, 6) is 0.682. The molecule has 0 aliphatic rings. The predicted molar refractivity (Wildman–Crippen MR) is 45.6 cm³/mol. The lowest BCUT2D eigenvalue weighted by atomic mass is 10.3. The average molecular weight is 162 g/mol. The molecule has 1 unspecified atom stereocenters. The number of nitrogens with zero attached hydrogens (tertiary/aromatic N) is 3. The van der Waals surface area contributed by atoms with Crippen LogP contribution in [0.2, 0.25) is 0 Å². The summed E-state index contributed by atoms with van der Waals surface area (Å²) in [7, 11) is 0. The first-order valence-corrected chi connectivity index (χ1v) is 3.84. The Kier molecular flexibility index (Phi) is 1.55. The molecule has 2 N–H and O–H groups in total. The third-order valence-corrected chi connectivity index (χ3v) is 1.66. The number of rotatable bonds is 1. The van der Waals surface area contributed by atoms with Crippen LogP contribution in [0, 0.1) is 0 Å². The molecule has 1 atom stereocenters. The van der Waals surface area contributed by atoms with Gasteiger partial charge in [0.15, 0.2) is 11.5 Å². The van der Waals surface area contributed by atoms with Crippen molar-refractivity contribution < 1.29 is 0 Å². The highest BCUT2D eigenvalue weighted by molar-refractivity contribution is 5.36. The molecule has 0 fully saturated rings. The molecular formula is C8H10N4. The quantitative estimate of drug-likeness (QED) is 0.673. The summed E-state index contributed by atoms with van der Waals surface area (Å²) in [6, 6.07) is 5.63. The van der Waals surface area contributed by atoms with Crippen molar-refractivity contribution in [1.82, 2.24) is 14.6 Å². The zero-order valence-electron chi connectivity index (χ0n) is 6.81.